The van der Waals surface area contributed by atoms with Crippen LogP contribution in [0.1, 0.15) is 36.6 Å². The zero-order valence-electron chi connectivity index (χ0n) is 10.0. The van der Waals surface area contributed by atoms with Gasteiger partial charge < -0.3 is 10.1 Å². The molecule has 15 heavy (non-hydrogen) atoms. The quantitative estimate of drug-likeness (QED) is 0.806. The Morgan fingerprint density at radius 2 is 2.13 bits per heavy atom. The first kappa shape index (κ1) is 12.7. The van der Waals surface area contributed by atoms with E-state index in [4.69, 9.17) is 4.74 Å². The molecule has 86 valence electrons. The Labute approximate surface area is 96.7 Å². The van der Waals surface area contributed by atoms with Crippen LogP contribution in [0.2, 0.25) is 0 Å². The summed E-state index contributed by atoms with van der Waals surface area (Å²) in [6.07, 6.45) is 0.290. The molecule has 0 aromatic carbocycles. The minimum absolute atomic E-state index is 0.290. The van der Waals surface area contributed by atoms with Gasteiger partial charge in [-0.3, -0.25) is 0 Å². The van der Waals surface area contributed by atoms with Crippen LogP contribution in [0.4, 0.5) is 0 Å². The number of nitrogens with one attached hydrogen (secondary N) is 1. The summed E-state index contributed by atoms with van der Waals surface area (Å²) in [6.45, 7) is 10.2. The second kappa shape index (κ2) is 6.26. The van der Waals surface area contributed by atoms with E-state index in [1.165, 1.54) is 9.75 Å². The van der Waals surface area contributed by atoms with Gasteiger partial charge in [-0.2, -0.15) is 0 Å². The number of aryl methyl sites for hydroxylation is 1. The van der Waals surface area contributed by atoms with Gasteiger partial charge in [0, 0.05) is 28.9 Å². The van der Waals surface area contributed by atoms with E-state index in [9.17, 15) is 0 Å². The van der Waals surface area contributed by atoms with Gasteiger partial charge in [-0.25, -0.2) is 0 Å². The summed E-state index contributed by atoms with van der Waals surface area (Å²) in [5.74, 6) is 0. The van der Waals surface area contributed by atoms with Crippen LogP contribution in [0.5, 0.6) is 0 Å². The highest BCUT2D eigenvalue weighted by atomic mass is 32.1. The van der Waals surface area contributed by atoms with Crippen LogP contribution in [0.3, 0.4) is 0 Å². The van der Waals surface area contributed by atoms with E-state index in [1.807, 2.05) is 18.3 Å². The van der Waals surface area contributed by atoms with Crippen molar-refractivity contribution in [3.8, 4) is 0 Å². The Morgan fingerprint density at radius 1 is 1.40 bits per heavy atom. The van der Waals surface area contributed by atoms with E-state index in [-0.39, 0.29) is 0 Å². The lowest BCUT2D eigenvalue weighted by atomic mass is 10.2. The predicted molar refractivity (Wildman–Crippen MR) is 66.6 cm³/mol. The topological polar surface area (TPSA) is 21.3 Å². The number of hydrogen-bond donors (Lipinski definition) is 1. The molecule has 0 aliphatic heterocycles. The molecule has 0 saturated heterocycles. The molecule has 0 aliphatic rings. The summed E-state index contributed by atoms with van der Waals surface area (Å²) < 4.78 is 5.47. The number of hydrogen-bond acceptors (Lipinski definition) is 3. The van der Waals surface area contributed by atoms with Gasteiger partial charge in [0.05, 0.1) is 6.10 Å². The third-order valence-electron chi connectivity index (χ3n) is 2.35. The van der Waals surface area contributed by atoms with Gasteiger partial charge in [-0.15, -0.1) is 11.3 Å². The molecule has 1 rings (SSSR count). The average Bonchev–Trinajstić information content (AvgIpc) is 2.62. The van der Waals surface area contributed by atoms with Crippen LogP contribution in [-0.4, -0.2) is 19.3 Å². The zero-order chi connectivity index (χ0) is 11.3. The molecule has 0 fully saturated rings. The fourth-order valence-corrected chi connectivity index (χ4v) is 2.38. The van der Waals surface area contributed by atoms with Gasteiger partial charge in [0.25, 0.3) is 0 Å². The molecule has 0 bridgehead atoms. The monoisotopic (exact) mass is 227 g/mol. The van der Waals surface area contributed by atoms with E-state index >= 15 is 0 Å². The molecule has 0 spiro atoms. The van der Waals surface area contributed by atoms with E-state index in [1.54, 1.807) is 0 Å². The van der Waals surface area contributed by atoms with Gasteiger partial charge >= 0.3 is 0 Å². The van der Waals surface area contributed by atoms with Gasteiger partial charge in [0.1, 0.15) is 0 Å². The van der Waals surface area contributed by atoms with Crippen molar-refractivity contribution in [3.05, 3.63) is 21.9 Å². The molecule has 0 saturated carbocycles. The Hall–Kier alpha value is -0.380. The molecule has 3 heteroatoms. The van der Waals surface area contributed by atoms with E-state index in [0.717, 1.165) is 13.2 Å². The second-order valence-electron chi connectivity index (χ2n) is 3.84. The third-order valence-corrected chi connectivity index (χ3v) is 3.53. The van der Waals surface area contributed by atoms with Crippen molar-refractivity contribution in [1.82, 2.24) is 5.32 Å². The van der Waals surface area contributed by atoms with Gasteiger partial charge in [0.15, 0.2) is 0 Å². The van der Waals surface area contributed by atoms with Crippen molar-refractivity contribution in [2.75, 3.05) is 13.2 Å². The largest absolute Gasteiger partial charge is 0.377 e. The molecular weight excluding hydrogens is 206 g/mol. The summed E-state index contributed by atoms with van der Waals surface area (Å²) in [6, 6.07) is 4.79. The highest BCUT2D eigenvalue weighted by Gasteiger charge is 2.08. The lowest BCUT2D eigenvalue weighted by Gasteiger charge is -2.16. The maximum Gasteiger partial charge on any atom is 0.0671 e. The summed E-state index contributed by atoms with van der Waals surface area (Å²) in [4.78, 5) is 2.77. The molecule has 2 atom stereocenters. The van der Waals surface area contributed by atoms with E-state index in [2.05, 4.69) is 38.2 Å². The van der Waals surface area contributed by atoms with Crippen LogP contribution < -0.4 is 5.32 Å². The number of ether oxygens (including phenoxy) is 1. The van der Waals surface area contributed by atoms with Crippen molar-refractivity contribution in [1.29, 1.82) is 0 Å². The minimum atomic E-state index is 0.290. The molecule has 0 radical (unpaired) electrons. The van der Waals surface area contributed by atoms with Crippen molar-refractivity contribution < 1.29 is 4.74 Å². The standard InChI is InChI=1S/C12H21NOS/c1-5-14-9(2)8-13-11(4)12-7-6-10(3)15-12/h6-7,9,11,13H,5,8H2,1-4H3. The van der Waals surface area contributed by atoms with Gasteiger partial charge in [0.2, 0.25) is 0 Å². The normalized spacial score (nSPS) is 15.2. The van der Waals surface area contributed by atoms with Crippen LogP contribution in [-0.2, 0) is 4.74 Å². The van der Waals surface area contributed by atoms with Crippen LogP contribution in [0, 0.1) is 6.92 Å². The van der Waals surface area contributed by atoms with Crippen LogP contribution in [0.25, 0.3) is 0 Å². The van der Waals surface area contributed by atoms with Crippen molar-refractivity contribution in [2.24, 2.45) is 0 Å². The summed E-state index contributed by atoms with van der Waals surface area (Å²) in [5, 5.41) is 3.48. The fourth-order valence-electron chi connectivity index (χ4n) is 1.47. The average molecular weight is 227 g/mol. The number of thiophene rings is 1. The molecule has 1 aromatic heterocycles. The first-order chi connectivity index (χ1) is 7.13. The maximum atomic E-state index is 5.47. The molecule has 0 aliphatic carbocycles. The maximum absolute atomic E-state index is 5.47. The first-order valence-electron chi connectivity index (χ1n) is 5.54. The van der Waals surface area contributed by atoms with Crippen molar-refractivity contribution in [2.45, 2.75) is 39.8 Å². The Kier molecular flexibility index (Phi) is 5.29. The SMILES string of the molecule is CCOC(C)CNC(C)c1ccc(C)s1. The lowest BCUT2D eigenvalue weighted by molar-refractivity contribution is 0.0744. The molecule has 1 heterocycles. The Bertz CT molecular complexity index is 285. The van der Waals surface area contributed by atoms with Crippen LogP contribution in [0.15, 0.2) is 12.1 Å². The van der Waals surface area contributed by atoms with Crippen LogP contribution >= 0.6 is 11.3 Å². The highest BCUT2D eigenvalue weighted by Crippen LogP contribution is 2.22. The molecule has 2 unspecified atom stereocenters. The lowest BCUT2D eigenvalue weighted by Crippen LogP contribution is -2.28. The van der Waals surface area contributed by atoms with Gasteiger partial charge in [-0.05, 0) is 39.8 Å². The summed E-state index contributed by atoms with van der Waals surface area (Å²) >= 11 is 1.86. The predicted octanol–water partition coefficient (Wildman–Crippen LogP) is 3.13. The first-order valence-corrected chi connectivity index (χ1v) is 6.36. The molecule has 1 aromatic rings. The summed E-state index contributed by atoms with van der Waals surface area (Å²) in [5.41, 5.74) is 0. The smallest absolute Gasteiger partial charge is 0.0671 e. The van der Waals surface area contributed by atoms with Crippen molar-refractivity contribution in [3.63, 3.8) is 0 Å². The molecule has 0 amide bonds. The minimum Gasteiger partial charge on any atom is -0.377 e. The molecular formula is C12H21NOS. The molecule has 1 N–H and O–H groups in total. The van der Waals surface area contributed by atoms with E-state index < -0.39 is 0 Å². The molecule has 2 nitrogen and oxygen atoms in total. The second-order valence-corrected chi connectivity index (χ2v) is 5.16. The fraction of sp³-hybridized carbons (Fsp3) is 0.667. The summed E-state index contributed by atoms with van der Waals surface area (Å²) in [7, 11) is 0. The highest BCUT2D eigenvalue weighted by molar-refractivity contribution is 7.12. The zero-order valence-corrected chi connectivity index (χ0v) is 10.9. The Morgan fingerprint density at radius 3 is 2.67 bits per heavy atom. The Balaban J connectivity index is 2.33. The number of rotatable bonds is 6. The van der Waals surface area contributed by atoms with E-state index in [0.29, 0.717) is 12.1 Å². The van der Waals surface area contributed by atoms with Gasteiger partial charge in [-0.1, -0.05) is 0 Å². The van der Waals surface area contributed by atoms with Crippen molar-refractivity contribution >= 4 is 11.3 Å². The third kappa shape index (κ3) is 4.33.